The van der Waals surface area contributed by atoms with E-state index in [4.69, 9.17) is 5.73 Å². The molecule has 1 unspecified atom stereocenters. The van der Waals surface area contributed by atoms with Crippen molar-refractivity contribution in [2.75, 3.05) is 13.1 Å². The lowest BCUT2D eigenvalue weighted by Gasteiger charge is -2.37. The van der Waals surface area contributed by atoms with Crippen LogP contribution in [0.1, 0.15) is 58.8 Å². The molecule has 0 aromatic rings. The number of carbonyl (C=O) groups is 1. The summed E-state index contributed by atoms with van der Waals surface area (Å²) in [6, 6.07) is 1.30. The Balaban J connectivity index is 1.92. The highest BCUT2D eigenvalue weighted by Crippen LogP contribution is 2.27. The molecule has 2 fully saturated rings. The summed E-state index contributed by atoms with van der Waals surface area (Å²) in [5, 5.41) is 3.10. The zero-order valence-electron chi connectivity index (χ0n) is 13.1. The third-order valence-electron chi connectivity index (χ3n) is 4.47. The number of hydrogen-bond acceptors (Lipinski definition) is 3. The van der Waals surface area contributed by atoms with Crippen molar-refractivity contribution >= 4 is 5.91 Å². The van der Waals surface area contributed by atoms with Crippen LogP contribution in [-0.2, 0) is 4.79 Å². The third-order valence-corrected chi connectivity index (χ3v) is 4.47. The SMILES string of the molecule is CC(C)CN(C1CCCC1)C(CN)CC(=O)NC1CC1. The molecule has 2 rings (SSSR count). The van der Waals surface area contributed by atoms with Gasteiger partial charge in [0.05, 0.1) is 0 Å². The Bertz CT molecular complexity index is 309. The second-order valence-corrected chi connectivity index (χ2v) is 6.96. The first-order valence-electron chi connectivity index (χ1n) is 8.35. The molecular formula is C16H31N3O. The molecule has 0 heterocycles. The van der Waals surface area contributed by atoms with Crippen LogP contribution >= 0.6 is 0 Å². The number of nitrogens with one attached hydrogen (secondary N) is 1. The van der Waals surface area contributed by atoms with Crippen LogP contribution in [-0.4, -0.2) is 42.0 Å². The number of rotatable bonds is 8. The van der Waals surface area contributed by atoms with Gasteiger partial charge >= 0.3 is 0 Å². The molecule has 0 radical (unpaired) electrons. The van der Waals surface area contributed by atoms with E-state index < -0.39 is 0 Å². The second-order valence-electron chi connectivity index (χ2n) is 6.96. The highest BCUT2D eigenvalue weighted by Gasteiger charge is 2.31. The first kappa shape index (κ1) is 15.8. The van der Waals surface area contributed by atoms with Gasteiger partial charge in [-0.25, -0.2) is 0 Å². The van der Waals surface area contributed by atoms with Gasteiger partial charge < -0.3 is 11.1 Å². The number of carbonyl (C=O) groups excluding carboxylic acids is 1. The highest BCUT2D eigenvalue weighted by atomic mass is 16.1. The van der Waals surface area contributed by atoms with Crippen molar-refractivity contribution in [3.63, 3.8) is 0 Å². The topological polar surface area (TPSA) is 58.4 Å². The van der Waals surface area contributed by atoms with Crippen LogP contribution < -0.4 is 11.1 Å². The van der Waals surface area contributed by atoms with Crippen LogP contribution in [0.4, 0.5) is 0 Å². The summed E-state index contributed by atoms with van der Waals surface area (Å²) >= 11 is 0. The van der Waals surface area contributed by atoms with E-state index in [1.54, 1.807) is 0 Å². The molecule has 0 aromatic carbocycles. The molecule has 2 aliphatic carbocycles. The molecule has 116 valence electrons. The molecule has 4 nitrogen and oxygen atoms in total. The molecular weight excluding hydrogens is 250 g/mol. The molecule has 0 aliphatic heterocycles. The first-order chi connectivity index (χ1) is 9.60. The molecule has 3 N–H and O–H groups in total. The van der Waals surface area contributed by atoms with E-state index in [1.807, 2.05) is 0 Å². The minimum absolute atomic E-state index is 0.190. The molecule has 0 aromatic heterocycles. The van der Waals surface area contributed by atoms with Gasteiger partial charge in [0.2, 0.25) is 5.91 Å². The van der Waals surface area contributed by atoms with Crippen LogP contribution in [0.15, 0.2) is 0 Å². The van der Waals surface area contributed by atoms with Crippen molar-refractivity contribution in [1.29, 1.82) is 0 Å². The van der Waals surface area contributed by atoms with Crippen LogP contribution in [0, 0.1) is 5.92 Å². The Hall–Kier alpha value is -0.610. The van der Waals surface area contributed by atoms with Crippen molar-refractivity contribution < 1.29 is 4.79 Å². The van der Waals surface area contributed by atoms with Crippen LogP contribution in [0.5, 0.6) is 0 Å². The van der Waals surface area contributed by atoms with Gasteiger partial charge in [-0.15, -0.1) is 0 Å². The lowest BCUT2D eigenvalue weighted by Crippen LogP contribution is -2.49. The molecule has 1 amide bonds. The lowest BCUT2D eigenvalue weighted by molar-refractivity contribution is -0.122. The number of nitrogens with zero attached hydrogens (tertiary/aromatic N) is 1. The van der Waals surface area contributed by atoms with Crippen molar-refractivity contribution in [2.45, 2.75) is 76.9 Å². The molecule has 0 bridgehead atoms. The van der Waals surface area contributed by atoms with Crippen LogP contribution in [0.25, 0.3) is 0 Å². The maximum Gasteiger partial charge on any atom is 0.221 e. The molecule has 2 aliphatic rings. The van der Waals surface area contributed by atoms with Gasteiger partial charge in [0, 0.05) is 37.6 Å². The molecule has 4 heteroatoms. The highest BCUT2D eigenvalue weighted by molar-refractivity contribution is 5.77. The van der Waals surface area contributed by atoms with Crippen molar-refractivity contribution in [3.05, 3.63) is 0 Å². The van der Waals surface area contributed by atoms with Crippen molar-refractivity contribution in [3.8, 4) is 0 Å². The fourth-order valence-electron chi connectivity index (χ4n) is 3.32. The first-order valence-corrected chi connectivity index (χ1v) is 8.35. The lowest BCUT2D eigenvalue weighted by atomic mass is 10.0. The zero-order valence-corrected chi connectivity index (χ0v) is 13.1. The normalized spacial score (nSPS) is 21.6. The molecule has 1 atom stereocenters. The van der Waals surface area contributed by atoms with E-state index in [1.165, 1.54) is 25.7 Å². The summed E-state index contributed by atoms with van der Waals surface area (Å²) < 4.78 is 0. The van der Waals surface area contributed by atoms with E-state index in [2.05, 4.69) is 24.1 Å². The van der Waals surface area contributed by atoms with Crippen LogP contribution in [0.3, 0.4) is 0 Å². The van der Waals surface area contributed by atoms with Gasteiger partial charge in [0.1, 0.15) is 0 Å². The Morgan fingerprint density at radius 1 is 1.25 bits per heavy atom. The van der Waals surface area contributed by atoms with Gasteiger partial charge in [0.15, 0.2) is 0 Å². The predicted octanol–water partition coefficient (Wildman–Crippen LogP) is 1.88. The van der Waals surface area contributed by atoms with Crippen molar-refractivity contribution in [1.82, 2.24) is 10.2 Å². The second kappa shape index (κ2) is 7.41. The molecule has 2 saturated carbocycles. The van der Waals surface area contributed by atoms with E-state index >= 15 is 0 Å². The van der Waals surface area contributed by atoms with Gasteiger partial charge in [0.25, 0.3) is 0 Å². The average Bonchev–Trinajstić information content (AvgIpc) is 3.04. The molecule has 0 saturated heterocycles. The Labute approximate surface area is 123 Å². The van der Waals surface area contributed by atoms with Crippen LogP contribution in [0.2, 0.25) is 0 Å². The summed E-state index contributed by atoms with van der Waals surface area (Å²) in [6.07, 6.45) is 8.06. The molecule has 0 spiro atoms. The summed E-state index contributed by atoms with van der Waals surface area (Å²) in [4.78, 5) is 14.6. The Morgan fingerprint density at radius 2 is 1.90 bits per heavy atom. The van der Waals surface area contributed by atoms with Gasteiger partial charge in [-0.3, -0.25) is 9.69 Å². The van der Waals surface area contributed by atoms with E-state index in [0.717, 1.165) is 19.4 Å². The third kappa shape index (κ3) is 4.74. The maximum atomic E-state index is 12.1. The number of nitrogens with two attached hydrogens (primary N) is 1. The summed E-state index contributed by atoms with van der Waals surface area (Å²) in [5.74, 6) is 0.811. The predicted molar refractivity (Wildman–Crippen MR) is 82.4 cm³/mol. The van der Waals surface area contributed by atoms with Gasteiger partial charge in [-0.05, 0) is 31.6 Å². The van der Waals surface area contributed by atoms with Gasteiger partial charge in [-0.1, -0.05) is 26.7 Å². The number of hydrogen-bond donors (Lipinski definition) is 2. The van der Waals surface area contributed by atoms with Gasteiger partial charge in [-0.2, -0.15) is 0 Å². The Kier molecular flexibility index (Phi) is 5.85. The average molecular weight is 281 g/mol. The van der Waals surface area contributed by atoms with E-state index in [0.29, 0.717) is 31.0 Å². The Morgan fingerprint density at radius 3 is 2.40 bits per heavy atom. The fourth-order valence-corrected chi connectivity index (χ4v) is 3.32. The minimum atomic E-state index is 0.190. The number of amides is 1. The summed E-state index contributed by atoms with van der Waals surface area (Å²) in [7, 11) is 0. The smallest absolute Gasteiger partial charge is 0.221 e. The minimum Gasteiger partial charge on any atom is -0.353 e. The largest absolute Gasteiger partial charge is 0.353 e. The van der Waals surface area contributed by atoms with E-state index in [-0.39, 0.29) is 11.9 Å². The fraction of sp³-hybridized carbons (Fsp3) is 0.938. The maximum absolute atomic E-state index is 12.1. The monoisotopic (exact) mass is 281 g/mol. The summed E-state index contributed by atoms with van der Waals surface area (Å²) in [6.45, 7) is 6.14. The summed E-state index contributed by atoms with van der Waals surface area (Å²) in [5.41, 5.74) is 5.99. The van der Waals surface area contributed by atoms with E-state index in [9.17, 15) is 4.79 Å². The quantitative estimate of drug-likeness (QED) is 0.714. The van der Waals surface area contributed by atoms with Crippen molar-refractivity contribution in [2.24, 2.45) is 11.7 Å². The molecule has 20 heavy (non-hydrogen) atoms. The zero-order chi connectivity index (χ0) is 14.5. The standard InChI is InChI=1S/C16H31N3O/c1-12(2)11-19(14-5-3-4-6-14)15(10-17)9-16(20)18-13-7-8-13/h12-15H,3-11,17H2,1-2H3,(H,18,20).